The molecule has 0 radical (unpaired) electrons. The number of aliphatic hydroxyl groups is 1. The number of sulfonamides is 1. The van der Waals surface area contributed by atoms with Gasteiger partial charge in [0.2, 0.25) is 15.3 Å². The molecule has 0 saturated heterocycles. The first-order valence-electron chi connectivity index (χ1n) is 5.07. The molecule has 96 valence electrons. The predicted octanol–water partition coefficient (Wildman–Crippen LogP) is 0.569. The highest BCUT2D eigenvalue weighted by molar-refractivity contribution is 7.89. The number of aliphatic hydroxyl groups excluding tert-OH is 1. The fourth-order valence-electron chi connectivity index (χ4n) is 1.13. The van der Waals surface area contributed by atoms with Crippen LogP contribution in [0.5, 0.6) is 0 Å². The normalized spacial score (nSPS) is 13.6. The van der Waals surface area contributed by atoms with Crippen molar-refractivity contribution in [2.45, 2.75) is 30.8 Å². The van der Waals surface area contributed by atoms with Crippen molar-refractivity contribution in [3.8, 4) is 0 Å². The van der Waals surface area contributed by atoms with Gasteiger partial charge in [-0.15, -0.1) is 0 Å². The third kappa shape index (κ3) is 4.95. The summed E-state index contributed by atoms with van der Waals surface area (Å²) in [6, 6.07) is 0. The lowest BCUT2D eigenvalue weighted by Crippen LogP contribution is -2.25. The van der Waals surface area contributed by atoms with Gasteiger partial charge < -0.3 is 5.11 Å². The van der Waals surface area contributed by atoms with Gasteiger partial charge in [0.05, 0.1) is 18.5 Å². The summed E-state index contributed by atoms with van der Waals surface area (Å²) in [5.74, 6) is 0. The van der Waals surface area contributed by atoms with Gasteiger partial charge in [-0.05, 0) is 31.4 Å². The van der Waals surface area contributed by atoms with Crippen molar-refractivity contribution in [3.63, 3.8) is 0 Å². The van der Waals surface area contributed by atoms with Crippen molar-refractivity contribution in [1.29, 1.82) is 0 Å². The Morgan fingerprint density at radius 1 is 1.47 bits per heavy atom. The summed E-state index contributed by atoms with van der Waals surface area (Å²) in [5.41, 5.74) is 0. The van der Waals surface area contributed by atoms with Crippen LogP contribution in [0, 0.1) is 0 Å². The number of nitrogens with zero attached hydrogens (tertiary/aromatic N) is 2. The van der Waals surface area contributed by atoms with Crippen LogP contribution in [0.25, 0.3) is 0 Å². The molecule has 0 aliphatic heterocycles. The van der Waals surface area contributed by atoms with Gasteiger partial charge in [0.1, 0.15) is 4.90 Å². The van der Waals surface area contributed by atoms with Crippen LogP contribution < -0.4 is 4.72 Å². The summed E-state index contributed by atoms with van der Waals surface area (Å²) in [7, 11) is -3.59. The molecule has 1 heterocycles. The van der Waals surface area contributed by atoms with Gasteiger partial charge in [-0.1, -0.05) is 0 Å². The largest absolute Gasteiger partial charge is 0.393 e. The van der Waals surface area contributed by atoms with E-state index in [1.807, 2.05) is 0 Å². The molecule has 1 aromatic rings. The summed E-state index contributed by atoms with van der Waals surface area (Å²) in [6.07, 6.45) is 2.96. The Morgan fingerprint density at radius 3 is 2.59 bits per heavy atom. The second kappa shape index (κ2) is 6.25. The molecule has 2 N–H and O–H groups in total. The van der Waals surface area contributed by atoms with E-state index >= 15 is 0 Å². The molecule has 0 aliphatic carbocycles. The van der Waals surface area contributed by atoms with E-state index in [1.54, 1.807) is 6.92 Å². The number of halogens is 1. The minimum absolute atomic E-state index is 0.00180. The number of aromatic nitrogens is 2. The Balaban J connectivity index is 2.54. The van der Waals surface area contributed by atoms with E-state index in [0.717, 1.165) is 12.4 Å². The highest BCUT2D eigenvalue weighted by atomic mass is 35.5. The molecule has 0 spiro atoms. The van der Waals surface area contributed by atoms with E-state index in [-0.39, 0.29) is 16.7 Å². The summed E-state index contributed by atoms with van der Waals surface area (Å²) >= 11 is 5.46. The first-order valence-corrected chi connectivity index (χ1v) is 6.93. The van der Waals surface area contributed by atoms with E-state index in [4.69, 9.17) is 16.7 Å². The molecule has 8 heteroatoms. The van der Waals surface area contributed by atoms with Crippen LogP contribution in [0.2, 0.25) is 5.28 Å². The van der Waals surface area contributed by atoms with Crippen molar-refractivity contribution < 1.29 is 13.5 Å². The summed E-state index contributed by atoms with van der Waals surface area (Å²) in [4.78, 5) is 7.17. The van der Waals surface area contributed by atoms with Crippen molar-refractivity contribution in [2.75, 3.05) is 6.54 Å². The summed E-state index contributed by atoms with van der Waals surface area (Å²) in [5, 5.41) is 9.02. The molecule has 0 saturated carbocycles. The second-order valence-corrected chi connectivity index (χ2v) is 5.68. The molecule has 1 unspecified atom stereocenters. The Labute approximate surface area is 105 Å². The highest BCUT2D eigenvalue weighted by Crippen LogP contribution is 2.07. The van der Waals surface area contributed by atoms with Crippen LogP contribution in [0.3, 0.4) is 0 Å². The van der Waals surface area contributed by atoms with Crippen molar-refractivity contribution in [1.82, 2.24) is 14.7 Å². The van der Waals surface area contributed by atoms with E-state index in [0.29, 0.717) is 12.8 Å². The Bertz CT molecular complexity index is 447. The zero-order valence-corrected chi connectivity index (χ0v) is 10.9. The minimum atomic E-state index is -3.59. The monoisotopic (exact) mass is 279 g/mol. The molecular formula is C9H14ClN3O3S. The average Bonchev–Trinajstić information content (AvgIpc) is 2.25. The van der Waals surface area contributed by atoms with Crippen LogP contribution in [-0.2, 0) is 10.0 Å². The summed E-state index contributed by atoms with van der Waals surface area (Å²) < 4.78 is 25.8. The second-order valence-electron chi connectivity index (χ2n) is 3.58. The first-order chi connectivity index (χ1) is 7.92. The fourth-order valence-corrected chi connectivity index (χ4v) is 2.19. The Kier molecular flexibility index (Phi) is 5.26. The molecule has 1 rings (SSSR count). The summed E-state index contributed by atoms with van der Waals surface area (Å²) in [6.45, 7) is 1.91. The predicted molar refractivity (Wildman–Crippen MR) is 63.1 cm³/mol. The standard InChI is InChI=1S/C9H14ClN3O3S/c1-7(14)3-2-4-13-17(15,16)8-5-11-9(10)12-6-8/h5-7,13-14H,2-4H2,1H3. The lowest BCUT2D eigenvalue weighted by molar-refractivity contribution is 0.182. The number of hydrogen-bond donors (Lipinski definition) is 2. The lowest BCUT2D eigenvalue weighted by Gasteiger charge is -2.07. The quantitative estimate of drug-likeness (QED) is 0.587. The lowest BCUT2D eigenvalue weighted by atomic mass is 10.2. The van der Waals surface area contributed by atoms with Gasteiger partial charge in [-0.25, -0.2) is 23.1 Å². The van der Waals surface area contributed by atoms with Crippen LogP contribution in [0.15, 0.2) is 17.3 Å². The minimum Gasteiger partial charge on any atom is -0.393 e. The third-order valence-electron chi connectivity index (χ3n) is 2.00. The molecule has 0 bridgehead atoms. The van der Waals surface area contributed by atoms with Crippen molar-refractivity contribution in [2.24, 2.45) is 0 Å². The van der Waals surface area contributed by atoms with Gasteiger partial charge in [0, 0.05) is 6.54 Å². The molecule has 17 heavy (non-hydrogen) atoms. The van der Waals surface area contributed by atoms with Gasteiger partial charge >= 0.3 is 0 Å². The zero-order valence-electron chi connectivity index (χ0n) is 9.30. The molecule has 1 aromatic heterocycles. The van der Waals surface area contributed by atoms with Gasteiger partial charge in [0.15, 0.2) is 0 Å². The van der Waals surface area contributed by atoms with Crippen LogP contribution in [0.4, 0.5) is 0 Å². The van der Waals surface area contributed by atoms with E-state index in [2.05, 4.69) is 14.7 Å². The van der Waals surface area contributed by atoms with Gasteiger partial charge in [0.25, 0.3) is 0 Å². The van der Waals surface area contributed by atoms with E-state index < -0.39 is 16.1 Å². The zero-order chi connectivity index (χ0) is 12.9. The molecule has 0 aromatic carbocycles. The SMILES string of the molecule is CC(O)CCCNS(=O)(=O)c1cnc(Cl)nc1. The number of rotatable bonds is 6. The smallest absolute Gasteiger partial charge is 0.243 e. The molecule has 0 fully saturated rings. The van der Waals surface area contributed by atoms with E-state index in [1.165, 1.54) is 0 Å². The van der Waals surface area contributed by atoms with Gasteiger partial charge in [-0.2, -0.15) is 0 Å². The number of nitrogens with one attached hydrogen (secondary N) is 1. The molecule has 0 aliphatic rings. The van der Waals surface area contributed by atoms with Gasteiger partial charge in [-0.3, -0.25) is 0 Å². The van der Waals surface area contributed by atoms with Crippen LogP contribution >= 0.6 is 11.6 Å². The average molecular weight is 280 g/mol. The maximum atomic E-state index is 11.7. The first kappa shape index (κ1) is 14.3. The maximum absolute atomic E-state index is 11.7. The fraction of sp³-hybridized carbons (Fsp3) is 0.556. The maximum Gasteiger partial charge on any atom is 0.243 e. The van der Waals surface area contributed by atoms with Crippen molar-refractivity contribution in [3.05, 3.63) is 17.7 Å². The Hall–Kier alpha value is -0.760. The highest BCUT2D eigenvalue weighted by Gasteiger charge is 2.14. The van der Waals surface area contributed by atoms with Crippen LogP contribution in [0.1, 0.15) is 19.8 Å². The molecule has 6 nitrogen and oxygen atoms in total. The number of hydrogen-bond acceptors (Lipinski definition) is 5. The Morgan fingerprint density at radius 2 is 2.06 bits per heavy atom. The molecular weight excluding hydrogens is 266 g/mol. The third-order valence-corrected chi connectivity index (χ3v) is 3.61. The van der Waals surface area contributed by atoms with Crippen molar-refractivity contribution >= 4 is 21.6 Å². The molecule has 1 atom stereocenters. The van der Waals surface area contributed by atoms with Crippen LogP contribution in [-0.4, -0.2) is 36.1 Å². The topological polar surface area (TPSA) is 92.2 Å². The van der Waals surface area contributed by atoms with E-state index in [9.17, 15) is 8.42 Å². The molecule has 0 amide bonds.